The van der Waals surface area contributed by atoms with Gasteiger partial charge in [-0.05, 0) is 42.0 Å². The highest BCUT2D eigenvalue weighted by Gasteiger charge is 2.22. The maximum atomic E-state index is 13.1. The number of benzene rings is 2. The van der Waals surface area contributed by atoms with E-state index in [9.17, 15) is 13.2 Å². The largest absolute Gasteiger partial charge is 0.334 e. The number of urea groups is 1. The third-order valence-electron chi connectivity index (χ3n) is 4.61. The van der Waals surface area contributed by atoms with Crippen LogP contribution < -0.4 is 10.6 Å². The Morgan fingerprint density at radius 1 is 1.03 bits per heavy atom. The summed E-state index contributed by atoms with van der Waals surface area (Å²) in [6.07, 6.45) is 4.96. The molecule has 0 aliphatic rings. The van der Waals surface area contributed by atoms with Crippen molar-refractivity contribution in [2.75, 3.05) is 5.32 Å². The minimum Gasteiger partial charge on any atom is -0.334 e. The molecule has 0 saturated heterocycles. The number of aromatic nitrogens is 3. The topological polar surface area (TPSA) is 106 Å². The quantitative estimate of drug-likeness (QED) is 0.515. The zero-order chi connectivity index (χ0) is 21.1. The molecule has 4 rings (SSSR count). The SMILES string of the molecule is Cn1ncc2cccc(S(=O)(=O)c3ccc(NC(=O)NCc4cccnc4)cc3)c21. The van der Waals surface area contributed by atoms with Gasteiger partial charge in [0.05, 0.1) is 21.5 Å². The summed E-state index contributed by atoms with van der Waals surface area (Å²) < 4.78 is 27.8. The summed E-state index contributed by atoms with van der Waals surface area (Å²) in [4.78, 5) is 16.4. The molecule has 0 saturated carbocycles. The van der Waals surface area contributed by atoms with Gasteiger partial charge in [-0.2, -0.15) is 5.10 Å². The molecule has 0 unspecified atom stereocenters. The Morgan fingerprint density at radius 2 is 1.83 bits per heavy atom. The molecule has 0 bridgehead atoms. The summed E-state index contributed by atoms with van der Waals surface area (Å²) in [7, 11) is -2.04. The number of carbonyl (C=O) groups is 1. The number of aryl methyl sites for hydroxylation is 1. The van der Waals surface area contributed by atoms with Crippen molar-refractivity contribution in [1.29, 1.82) is 0 Å². The number of pyridine rings is 1. The first-order chi connectivity index (χ1) is 14.4. The normalized spacial score (nSPS) is 11.4. The van der Waals surface area contributed by atoms with Crippen molar-refractivity contribution in [3.63, 3.8) is 0 Å². The molecule has 4 aromatic rings. The van der Waals surface area contributed by atoms with Gasteiger partial charge in [0.25, 0.3) is 0 Å². The highest BCUT2D eigenvalue weighted by Crippen LogP contribution is 2.28. The first-order valence-electron chi connectivity index (χ1n) is 9.15. The number of hydrogen-bond donors (Lipinski definition) is 2. The van der Waals surface area contributed by atoms with Gasteiger partial charge >= 0.3 is 6.03 Å². The van der Waals surface area contributed by atoms with E-state index in [2.05, 4.69) is 20.7 Å². The molecule has 0 atom stereocenters. The third kappa shape index (κ3) is 3.87. The number of rotatable bonds is 5. The number of para-hydroxylation sites is 1. The molecule has 2 N–H and O–H groups in total. The Bertz CT molecular complexity index is 1300. The second kappa shape index (κ2) is 7.96. The summed E-state index contributed by atoms with van der Waals surface area (Å²) in [5.74, 6) is 0. The van der Waals surface area contributed by atoms with Gasteiger partial charge in [0.15, 0.2) is 0 Å². The molecule has 2 aromatic carbocycles. The van der Waals surface area contributed by atoms with Crippen molar-refractivity contribution >= 4 is 32.5 Å². The molecule has 0 aliphatic carbocycles. The van der Waals surface area contributed by atoms with Crippen LogP contribution in [-0.2, 0) is 23.4 Å². The fourth-order valence-electron chi connectivity index (χ4n) is 3.12. The molecule has 152 valence electrons. The lowest BCUT2D eigenvalue weighted by atomic mass is 10.2. The third-order valence-corrected chi connectivity index (χ3v) is 6.41. The summed E-state index contributed by atoms with van der Waals surface area (Å²) in [5.41, 5.74) is 1.91. The molecule has 0 spiro atoms. The predicted octanol–water partition coefficient (Wildman–Crippen LogP) is 3.12. The van der Waals surface area contributed by atoms with Crippen molar-refractivity contribution in [3.05, 3.63) is 78.8 Å². The molecule has 0 fully saturated rings. The predicted molar refractivity (Wildman–Crippen MR) is 113 cm³/mol. The summed E-state index contributed by atoms with van der Waals surface area (Å²) in [6, 6.07) is 14.4. The Labute approximate surface area is 173 Å². The molecule has 2 aromatic heterocycles. The van der Waals surface area contributed by atoms with Gasteiger partial charge in [0.1, 0.15) is 0 Å². The zero-order valence-corrected chi connectivity index (χ0v) is 16.9. The van der Waals surface area contributed by atoms with Crippen LogP contribution in [0, 0.1) is 0 Å². The van der Waals surface area contributed by atoms with E-state index < -0.39 is 15.9 Å². The van der Waals surface area contributed by atoms with E-state index in [-0.39, 0.29) is 9.79 Å². The molecule has 9 heteroatoms. The van der Waals surface area contributed by atoms with E-state index >= 15 is 0 Å². The van der Waals surface area contributed by atoms with E-state index in [0.29, 0.717) is 17.7 Å². The molecule has 8 nitrogen and oxygen atoms in total. The molecule has 2 amide bonds. The van der Waals surface area contributed by atoms with E-state index in [4.69, 9.17) is 0 Å². The Kier molecular flexibility index (Phi) is 5.20. The van der Waals surface area contributed by atoms with Crippen LogP contribution in [0.3, 0.4) is 0 Å². The number of amides is 2. The van der Waals surface area contributed by atoms with Crippen LogP contribution in [0.4, 0.5) is 10.5 Å². The second-order valence-electron chi connectivity index (χ2n) is 6.66. The van der Waals surface area contributed by atoms with Crippen LogP contribution in [-0.4, -0.2) is 29.2 Å². The number of hydrogen-bond acceptors (Lipinski definition) is 5. The number of nitrogens with one attached hydrogen (secondary N) is 2. The van der Waals surface area contributed by atoms with Gasteiger partial charge < -0.3 is 10.6 Å². The fraction of sp³-hybridized carbons (Fsp3) is 0.0952. The minimum atomic E-state index is -3.75. The van der Waals surface area contributed by atoms with Gasteiger partial charge in [-0.3, -0.25) is 9.67 Å². The van der Waals surface area contributed by atoms with E-state index in [0.717, 1.165) is 10.9 Å². The highest BCUT2D eigenvalue weighted by atomic mass is 32.2. The smallest absolute Gasteiger partial charge is 0.319 e. The monoisotopic (exact) mass is 421 g/mol. The van der Waals surface area contributed by atoms with E-state index in [1.54, 1.807) is 60.7 Å². The van der Waals surface area contributed by atoms with Crippen molar-refractivity contribution in [2.24, 2.45) is 7.05 Å². The Balaban J connectivity index is 1.50. The molecule has 0 aliphatic heterocycles. The van der Waals surface area contributed by atoms with Crippen LogP contribution in [0.2, 0.25) is 0 Å². The number of nitrogens with zero attached hydrogens (tertiary/aromatic N) is 3. The van der Waals surface area contributed by atoms with Crippen LogP contribution >= 0.6 is 0 Å². The van der Waals surface area contributed by atoms with E-state index in [1.165, 1.54) is 12.1 Å². The van der Waals surface area contributed by atoms with Gasteiger partial charge in [-0.25, -0.2) is 13.2 Å². The average molecular weight is 421 g/mol. The van der Waals surface area contributed by atoms with Gasteiger partial charge in [-0.15, -0.1) is 0 Å². The lowest BCUT2D eigenvalue weighted by Crippen LogP contribution is -2.28. The lowest BCUT2D eigenvalue weighted by molar-refractivity contribution is 0.251. The molecular weight excluding hydrogens is 402 g/mol. The zero-order valence-electron chi connectivity index (χ0n) is 16.1. The lowest BCUT2D eigenvalue weighted by Gasteiger charge is -2.10. The summed E-state index contributed by atoms with van der Waals surface area (Å²) in [5, 5.41) is 10.3. The van der Waals surface area contributed by atoms with E-state index in [1.807, 2.05) is 12.1 Å². The molecule has 2 heterocycles. The maximum Gasteiger partial charge on any atom is 0.319 e. The van der Waals surface area contributed by atoms with Crippen LogP contribution in [0.15, 0.2) is 83.0 Å². The average Bonchev–Trinajstić information content (AvgIpc) is 3.14. The molecule has 0 radical (unpaired) electrons. The van der Waals surface area contributed by atoms with Crippen molar-refractivity contribution in [2.45, 2.75) is 16.3 Å². The molecular formula is C21H19N5O3S. The summed E-state index contributed by atoms with van der Waals surface area (Å²) >= 11 is 0. The fourth-order valence-corrected chi connectivity index (χ4v) is 4.63. The number of fused-ring (bicyclic) bond motifs is 1. The van der Waals surface area contributed by atoms with Crippen LogP contribution in [0.5, 0.6) is 0 Å². The van der Waals surface area contributed by atoms with Crippen LogP contribution in [0.25, 0.3) is 10.9 Å². The van der Waals surface area contributed by atoms with Gasteiger partial charge in [-0.1, -0.05) is 18.2 Å². The first kappa shape index (κ1) is 19.6. The molecule has 30 heavy (non-hydrogen) atoms. The number of carbonyl (C=O) groups excluding carboxylic acids is 1. The Morgan fingerprint density at radius 3 is 2.57 bits per heavy atom. The van der Waals surface area contributed by atoms with Crippen molar-refractivity contribution < 1.29 is 13.2 Å². The first-order valence-corrected chi connectivity index (χ1v) is 10.6. The Hall–Kier alpha value is -3.72. The summed E-state index contributed by atoms with van der Waals surface area (Å²) in [6.45, 7) is 0.334. The second-order valence-corrected chi connectivity index (χ2v) is 8.58. The number of anilines is 1. The number of sulfone groups is 1. The minimum absolute atomic E-state index is 0.137. The van der Waals surface area contributed by atoms with Crippen LogP contribution in [0.1, 0.15) is 5.56 Å². The maximum absolute atomic E-state index is 13.1. The highest BCUT2D eigenvalue weighted by molar-refractivity contribution is 7.91. The van der Waals surface area contributed by atoms with Gasteiger partial charge in [0.2, 0.25) is 9.84 Å². The van der Waals surface area contributed by atoms with Gasteiger partial charge in [0, 0.05) is 37.1 Å². The van der Waals surface area contributed by atoms with Crippen molar-refractivity contribution in [3.8, 4) is 0 Å². The van der Waals surface area contributed by atoms with Crippen molar-refractivity contribution in [1.82, 2.24) is 20.1 Å². The standard InChI is InChI=1S/C21H19N5O3S/c1-26-20-16(14-24-26)5-2-6-19(20)30(28,29)18-9-7-17(8-10-18)25-21(27)23-13-15-4-3-11-22-12-15/h2-12,14H,13H2,1H3,(H2,23,25,27).